The minimum atomic E-state index is -0.241. The number of aromatic nitrogens is 1. The van der Waals surface area contributed by atoms with Crippen LogP contribution in [0.4, 0.5) is 0 Å². The summed E-state index contributed by atoms with van der Waals surface area (Å²) < 4.78 is 2.30. The van der Waals surface area contributed by atoms with Crippen molar-refractivity contribution in [3.63, 3.8) is 0 Å². The molecule has 0 aliphatic carbocycles. The normalized spacial score (nSPS) is 17.2. The third kappa shape index (κ3) is 2.86. The summed E-state index contributed by atoms with van der Waals surface area (Å²) in [6.45, 7) is 0. The first kappa shape index (κ1) is 19.1. The zero-order chi connectivity index (χ0) is 22.5. The second kappa shape index (κ2) is 7.58. The number of hydrazine groups is 1. The summed E-state index contributed by atoms with van der Waals surface area (Å²) >= 11 is 0. The number of para-hydroxylation sites is 2. The number of nitrogens with zero attached hydrogens (tertiary/aromatic N) is 3. The van der Waals surface area contributed by atoms with Crippen molar-refractivity contribution in [1.29, 1.82) is 0 Å². The number of amidine groups is 1. The zero-order valence-electron chi connectivity index (χ0n) is 18.5. The Kier molecular flexibility index (Phi) is 4.26. The molecule has 0 amide bonds. The lowest BCUT2D eigenvalue weighted by molar-refractivity contribution is 0.330. The first-order valence-corrected chi connectivity index (χ1v) is 11.5. The predicted octanol–water partition coefficient (Wildman–Crippen LogP) is 6.75. The highest BCUT2D eigenvalue weighted by atomic mass is 15.6. The van der Waals surface area contributed by atoms with Crippen molar-refractivity contribution >= 4 is 33.2 Å². The van der Waals surface area contributed by atoms with Crippen LogP contribution in [0.15, 0.2) is 126 Å². The van der Waals surface area contributed by atoms with Gasteiger partial charge in [-0.1, -0.05) is 91.0 Å². The molecular weight excluding hydrogens is 416 g/mol. The van der Waals surface area contributed by atoms with Crippen molar-refractivity contribution in [3.05, 3.63) is 127 Å². The van der Waals surface area contributed by atoms with Gasteiger partial charge in [-0.15, -0.1) is 0 Å². The Hall–Kier alpha value is -4.41. The summed E-state index contributed by atoms with van der Waals surface area (Å²) in [5.74, 6) is 0.928. The maximum absolute atomic E-state index is 5.22. The average molecular weight is 439 g/mol. The van der Waals surface area contributed by atoms with Crippen LogP contribution in [0.1, 0.15) is 11.9 Å². The van der Waals surface area contributed by atoms with Crippen molar-refractivity contribution in [2.24, 2.45) is 4.99 Å². The van der Waals surface area contributed by atoms with Crippen molar-refractivity contribution in [1.82, 2.24) is 15.0 Å². The number of allylic oxidation sites excluding steroid dienone is 2. The lowest BCUT2D eigenvalue weighted by Crippen LogP contribution is -2.36. The SMILES string of the molecule is C1=CN2NC(n3c4ccccc4c4ccccc43)N=C2C(c2ccccc2-c2ccccc2)=C1. The topological polar surface area (TPSA) is 32.6 Å². The van der Waals surface area contributed by atoms with E-state index in [4.69, 9.17) is 4.99 Å². The zero-order valence-corrected chi connectivity index (χ0v) is 18.5. The monoisotopic (exact) mass is 438 g/mol. The maximum atomic E-state index is 5.22. The van der Waals surface area contributed by atoms with E-state index in [9.17, 15) is 0 Å². The third-order valence-corrected chi connectivity index (χ3v) is 6.63. The van der Waals surface area contributed by atoms with Crippen molar-refractivity contribution in [2.45, 2.75) is 6.29 Å². The number of nitrogens with one attached hydrogen (secondary N) is 1. The molecule has 7 rings (SSSR count). The lowest BCUT2D eigenvalue weighted by atomic mass is 9.93. The Labute approximate surface area is 197 Å². The summed E-state index contributed by atoms with van der Waals surface area (Å²) in [6, 6.07) is 36.2. The smallest absolute Gasteiger partial charge is 0.199 e. The molecule has 0 saturated heterocycles. The van der Waals surface area contributed by atoms with E-state index in [-0.39, 0.29) is 6.29 Å². The van der Waals surface area contributed by atoms with E-state index in [1.807, 2.05) is 11.2 Å². The van der Waals surface area contributed by atoms with Gasteiger partial charge in [-0.05, 0) is 41.0 Å². The fraction of sp³-hybridized carbons (Fsp3) is 0.0333. The summed E-state index contributed by atoms with van der Waals surface area (Å²) in [5.41, 5.74) is 10.6. The van der Waals surface area contributed by atoms with Crippen LogP contribution in [0.3, 0.4) is 0 Å². The molecule has 162 valence electrons. The molecule has 3 heterocycles. The van der Waals surface area contributed by atoms with Gasteiger partial charge in [-0.25, -0.2) is 4.99 Å². The summed E-state index contributed by atoms with van der Waals surface area (Å²) in [6.07, 6.45) is 6.04. The number of hydrogen-bond donors (Lipinski definition) is 1. The molecule has 4 heteroatoms. The molecule has 0 saturated carbocycles. The molecule has 5 aromatic rings. The Morgan fingerprint density at radius 3 is 2.00 bits per heavy atom. The molecule has 1 N–H and O–H groups in total. The molecule has 4 nitrogen and oxygen atoms in total. The molecule has 1 atom stereocenters. The highest BCUT2D eigenvalue weighted by Gasteiger charge is 2.31. The molecule has 0 spiro atoms. The maximum Gasteiger partial charge on any atom is 0.199 e. The first-order valence-electron chi connectivity index (χ1n) is 11.5. The number of benzene rings is 4. The van der Waals surface area contributed by atoms with Gasteiger partial charge in [0.25, 0.3) is 0 Å². The molecular formula is C30H22N4. The van der Waals surface area contributed by atoms with Gasteiger partial charge in [0.2, 0.25) is 0 Å². The van der Waals surface area contributed by atoms with E-state index in [1.165, 1.54) is 38.5 Å². The minimum Gasteiger partial charge on any atom is -0.304 e. The highest BCUT2D eigenvalue weighted by molar-refractivity contribution is 6.25. The fourth-order valence-electron chi connectivity index (χ4n) is 5.13. The number of aliphatic imine (C=N–C) groups is 1. The van der Waals surface area contributed by atoms with Gasteiger partial charge < -0.3 is 4.57 Å². The van der Waals surface area contributed by atoms with Crippen LogP contribution in [0.25, 0.3) is 38.5 Å². The predicted molar refractivity (Wildman–Crippen MR) is 140 cm³/mol. The third-order valence-electron chi connectivity index (χ3n) is 6.63. The van der Waals surface area contributed by atoms with Crippen molar-refractivity contribution < 1.29 is 0 Å². The summed E-state index contributed by atoms with van der Waals surface area (Å²) in [7, 11) is 0. The molecule has 0 fully saturated rings. The Morgan fingerprint density at radius 2 is 1.26 bits per heavy atom. The number of fused-ring (bicyclic) bond motifs is 4. The molecule has 4 aromatic carbocycles. The first-order chi connectivity index (χ1) is 16.9. The second-order valence-corrected chi connectivity index (χ2v) is 8.56. The number of hydrogen-bond acceptors (Lipinski definition) is 3. The molecule has 2 aliphatic heterocycles. The van der Waals surface area contributed by atoms with E-state index < -0.39 is 0 Å². The van der Waals surface area contributed by atoms with Gasteiger partial charge in [0, 0.05) is 22.5 Å². The summed E-state index contributed by atoms with van der Waals surface area (Å²) in [4.78, 5) is 5.22. The van der Waals surface area contributed by atoms with Crippen LogP contribution in [-0.4, -0.2) is 15.4 Å². The highest BCUT2D eigenvalue weighted by Crippen LogP contribution is 2.37. The van der Waals surface area contributed by atoms with Gasteiger partial charge in [-0.2, -0.15) is 5.43 Å². The molecule has 34 heavy (non-hydrogen) atoms. The van der Waals surface area contributed by atoms with Crippen LogP contribution < -0.4 is 5.43 Å². The molecule has 1 unspecified atom stereocenters. The minimum absolute atomic E-state index is 0.241. The van der Waals surface area contributed by atoms with E-state index in [1.54, 1.807) is 0 Å². The van der Waals surface area contributed by atoms with Gasteiger partial charge in [0.05, 0.1) is 11.0 Å². The van der Waals surface area contributed by atoms with Crippen LogP contribution in [0, 0.1) is 0 Å². The largest absolute Gasteiger partial charge is 0.304 e. The second-order valence-electron chi connectivity index (χ2n) is 8.56. The molecule has 0 bridgehead atoms. The van der Waals surface area contributed by atoms with Gasteiger partial charge in [0.15, 0.2) is 12.1 Å². The molecule has 2 aliphatic rings. The Balaban J connectivity index is 1.38. The Morgan fingerprint density at radius 1 is 0.647 bits per heavy atom. The Bertz CT molecular complexity index is 1590. The lowest BCUT2D eigenvalue weighted by Gasteiger charge is -2.23. The van der Waals surface area contributed by atoms with Gasteiger partial charge in [0.1, 0.15) is 0 Å². The van der Waals surface area contributed by atoms with Gasteiger partial charge in [-0.3, -0.25) is 5.01 Å². The van der Waals surface area contributed by atoms with Crippen LogP contribution in [0.5, 0.6) is 0 Å². The molecule has 1 aromatic heterocycles. The van der Waals surface area contributed by atoms with E-state index in [0.717, 1.165) is 11.4 Å². The fourth-order valence-corrected chi connectivity index (χ4v) is 5.13. The van der Waals surface area contributed by atoms with E-state index in [0.29, 0.717) is 0 Å². The van der Waals surface area contributed by atoms with Crippen LogP contribution in [0.2, 0.25) is 0 Å². The van der Waals surface area contributed by atoms with Crippen molar-refractivity contribution in [3.8, 4) is 11.1 Å². The van der Waals surface area contributed by atoms with Crippen molar-refractivity contribution in [2.75, 3.05) is 0 Å². The molecule has 0 radical (unpaired) electrons. The van der Waals surface area contributed by atoms with E-state index >= 15 is 0 Å². The standard InChI is InChI=1S/C30H22N4/c1-2-11-21(12-3-1)22-13-4-5-14-23(22)26-17-10-20-33-29(26)31-30(32-33)34-27-18-8-6-15-24(27)25-16-7-9-19-28(25)34/h1-20,30,32H. The van der Waals surface area contributed by atoms with Gasteiger partial charge >= 0.3 is 0 Å². The summed E-state index contributed by atoms with van der Waals surface area (Å²) in [5, 5.41) is 4.53. The van der Waals surface area contributed by atoms with Crippen LogP contribution in [-0.2, 0) is 0 Å². The van der Waals surface area contributed by atoms with Crippen LogP contribution >= 0.6 is 0 Å². The quantitative estimate of drug-likeness (QED) is 0.338. The van der Waals surface area contributed by atoms with E-state index in [2.05, 4.69) is 125 Å². The number of rotatable bonds is 3. The average Bonchev–Trinajstić information content (AvgIpc) is 3.48.